The van der Waals surface area contributed by atoms with Gasteiger partial charge in [-0.15, -0.1) is 0 Å². The Bertz CT molecular complexity index is 642. The average molecular weight is 330 g/mol. The zero-order chi connectivity index (χ0) is 17.2. The quantitative estimate of drug-likeness (QED) is 0.398. The standard InChI is InChI=1S/C18H26N4O2/c1-13-4-5-14(2)15(8-13)22(3)16(21-19)9-20-10-17-23-11-18(6-7-18)12-24-17/h4-5,8-9,17H,6-7,10-12,19H2,1-3H3/b20-9?,21-16+. The number of rotatable bonds is 4. The van der Waals surface area contributed by atoms with E-state index in [4.69, 9.17) is 15.3 Å². The minimum atomic E-state index is -0.266. The normalized spacial score (nSPS) is 20.7. The van der Waals surface area contributed by atoms with E-state index < -0.39 is 0 Å². The van der Waals surface area contributed by atoms with Crippen LogP contribution in [0.4, 0.5) is 5.69 Å². The van der Waals surface area contributed by atoms with Crippen molar-refractivity contribution in [2.75, 3.05) is 31.7 Å². The molecule has 1 spiro atoms. The Balaban J connectivity index is 1.58. The molecule has 0 atom stereocenters. The number of anilines is 1. The van der Waals surface area contributed by atoms with Crippen LogP contribution in [-0.4, -0.2) is 45.1 Å². The highest BCUT2D eigenvalue weighted by Gasteiger charge is 2.46. The summed E-state index contributed by atoms with van der Waals surface area (Å²) in [6.07, 6.45) is 3.84. The van der Waals surface area contributed by atoms with Crippen LogP contribution in [0.5, 0.6) is 0 Å². The fraction of sp³-hybridized carbons (Fsp3) is 0.556. The van der Waals surface area contributed by atoms with Gasteiger partial charge < -0.3 is 20.2 Å². The topological polar surface area (TPSA) is 72.4 Å². The Morgan fingerprint density at radius 3 is 2.67 bits per heavy atom. The molecule has 2 fully saturated rings. The van der Waals surface area contributed by atoms with Gasteiger partial charge in [-0.1, -0.05) is 12.1 Å². The van der Waals surface area contributed by atoms with Crippen LogP contribution in [0.25, 0.3) is 0 Å². The first kappa shape index (κ1) is 16.9. The summed E-state index contributed by atoms with van der Waals surface area (Å²) >= 11 is 0. The van der Waals surface area contributed by atoms with E-state index in [1.54, 1.807) is 6.21 Å². The van der Waals surface area contributed by atoms with Crippen LogP contribution < -0.4 is 10.7 Å². The second kappa shape index (κ2) is 6.91. The monoisotopic (exact) mass is 330 g/mol. The van der Waals surface area contributed by atoms with Crippen LogP contribution in [0.3, 0.4) is 0 Å². The van der Waals surface area contributed by atoms with Crippen molar-refractivity contribution in [2.45, 2.75) is 33.0 Å². The zero-order valence-electron chi connectivity index (χ0n) is 14.7. The molecule has 0 amide bonds. The molecule has 0 aromatic heterocycles. The SMILES string of the molecule is Cc1ccc(C)c(N(C)/C(C=NCC2OCC3(CC3)CO2)=N/N)c1. The van der Waals surface area contributed by atoms with Crippen LogP contribution in [0.15, 0.2) is 28.3 Å². The van der Waals surface area contributed by atoms with Crippen molar-refractivity contribution in [3.63, 3.8) is 0 Å². The van der Waals surface area contributed by atoms with Gasteiger partial charge in [-0.3, -0.25) is 4.99 Å². The molecule has 24 heavy (non-hydrogen) atoms. The predicted octanol–water partition coefficient (Wildman–Crippen LogP) is 2.24. The molecule has 6 nitrogen and oxygen atoms in total. The number of hydrogen-bond donors (Lipinski definition) is 1. The predicted molar refractivity (Wildman–Crippen MR) is 96.7 cm³/mol. The number of aliphatic imine (C=N–C) groups is 1. The minimum Gasteiger partial charge on any atom is -0.350 e. The number of benzene rings is 1. The molecular formula is C18H26N4O2. The molecule has 0 unspecified atom stereocenters. The molecule has 1 aliphatic heterocycles. The number of nitrogens with two attached hydrogens (primary N) is 1. The maximum absolute atomic E-state index is 5.73. The molecule has 6 heteroatoms. The highest BCUT2D eigenvalue weighted by atomic mass is 16.7. The lowest BCUT2D eigenvalue weighted by Crippen LogP contribution is -2.35. The first-order valence-electron chi connectivity index (χ1n) is 8.35. The van der Waals surface area contributed by atoms with Gasteiger partial charge in [0, 0.05) is 18.2 Å². The molecule has 3 rings (SSSR count). The van der Waals surface area contributed by atoms with Gasteiger partial charge in [-0.2, -0.15) is 5.10 Å². The fourth-order valence-electron chi connectivity index (χ4n) is 2.83. The Kier molecular flexibility index (Phi) is 4.87. The Morgan fingerprint density at radius 2 is 2.04 bits per heavy atom. The maximum Gasteiger partial charge on any atom is 0.176 e. The largest absolute Gasteiger partial charge is 0.350 e. The Morgan fingerprint density at radius 1 is 1.33 bits per heavy atom. The molecule has 1 aliphatic carbocycles. The highest BCUT2D eigenvalue weighted by Crippen LogP contribution is 2.48. The van der Waals surface area contributed by atoms with Crippen molar-refractivity contribution >= 4 is 17.7 Å². The molecule has 2 N–H and O–H groups in total. The van der Waals surface area contributed by atoms with Gasteiger partial charge in [0.25, 0.3) is 0 Å². The van der Waals surface area contributed by atoms with E-state index in [0.29, 0.717) is 17.8 Å². The van der Waals surface area contributed by atoms with Crippen molar-refractivity contribution in [2.24, 2.45) is 21.4 Å². The molecule has 1 saturated heterocycles. The van der Waals surface area contributed by atoms with Crippen LogP contribution in [0, 0.1) is 19.3 Å². The summed E-state index contributed by atoms with van der Waals surface area (Å²) in [5, 5.41) is 3.86. The van der Waals surface area contributed by atoms with Crippen molar-refractivity contribution in [3.05, 3.63) is 29.3 Å². The molecule has 1 aromatic carbocycles. The summed E-state index contributed by atoms with van der Waals surface area (Å²) in [7, 11) is 1.93. The van der Waals surface area contributed by atoms with Crippen LogP contribution in [0.2, 0.25) is 0 Å². The third-order valence-corrected chi connectivity index (χ3v) is 4.77. The van der Waals surface area contributed by atoms with E-state index in [9.17, 15) is 0 Å². The van der Waals surface area contributed by atoms with Gasteiger partial charge >= 0.3 is 0 Å². The number of hydrazone groups is 1. The minimum absolute atomic E-state index is 0.266. The van der Waals surface area contributed by atoms with E-state index >= 15 is 0 Å². The van der Waals surface area contributed by atoms with Gasteiger partial charge in [0.15, 0.2) is 12.1 Å². The summed E-state index contributed by atoms with van der Waals surface area (Å²) in [4.78, 5) is 6.34. The molecule has 130 valence electrons. The zero-order valence-corrected chi connectivity index (χ0v) is 14.7. The van der Waals surface area contributed by atoms with Crippen molar-refractivity contribution in [3.8, 4) is 0 Å². The van der Waals surface area contributed by atoms with Crippen LogP contribution >= 0.6 is 0 Å². The molecule has 2 aliphatic rings. The van der Waals surface area contributed by atoms with Crippen LogP contribution in [0.1, 0.15) is 24.0 Å². The van der Waals surface area contributed by atoms with E-state index in [0.717, 1.165) is 24.5 Å². The van der Waals surface area contributed by atoms with Gasteiger partial charge in [-0.05, 0) is 43.9 Å². The second-order valence-electron chi connectivity index (χ2n) is 6.88. The molecule has 1 saturated carbocycles. The van der Waals surface area contributed by atoms with Crippen molar-refractivity contribution < 1.29 is 9.47 Å². The lowest BCUT2D eigenvalue weighted by atomic mass is 10.1. The summed E-state index contributed by atoms with van der Waals surface area (Å²) in [6, 6.07) is 6.28. The van der Waals surface area contributed by atoms with E-state index in [1.807, 2.05) is 11.9 Å². The van der Waals surface area contributed by atoms with Gasteiger partial charge in [0.2, 0.25) is 0 Å². The number of amidine groups is 1. The van der Waals surface area contributed by atoms with Crippen LogP contribution in [-0.2, 0) is 9.47 Å². The fourth-order valence-corrected chi connectivity index (χ4v) is 2.83. The molecule has 1 aromatic rings. The first-order valence-corrected chi connectivity index (χ1v) is 8.35. The first-order chi connectivity index (χ1) is 11.5. The second-order valence-corrected chi connectivity index (χ2v) is 6.88. The molecule has 0 bridgehead atoms. The molecule has 0 radical (unpaired) electrons. The summed E-state index contributed by atoms with van der Waals surface area (Å²) in [5.74, 6) is 6.15. The number of ether oxygens (including phenoxy) is 2. The smallest absolute Gasteiger partial charge is 0.176 e. The summed E-state index contributed by atoms with van der Waals surface area (Å²) < 4.78 is 11.5. The Hall–Kier alpha value is -1.92. The third-order valence-electron chi connectivity index (χ3n) is 4.77. The molecule has 1 heterocycles. The maximum atomic E-state index is 5.73. The lowest BCUT2D eigenvalue weighted by Gasteiger charge is -2.28. The Labute approximate surface area is 143 Å². The number of nitrogens with zero attached hydrogens (tertiary/aromatic N) is 3. The van der Waals surface area contributed by atoms with Gasteiger partial charge in [-0.25, -0.2) is 0 Å². The van der Waals surface area contributed by atoms with E-state index in [2.05, 4.69) is 42.1 Å². The lowest BCUT2D eigenvalue weighted by molar-refractivity contribution is -0.201. The van der Waals surface area contributed by atoms with Gasteiger partial charge in [0.05, 0.1) is 26.0 Å². The van der Waals surface area contributed by atoms with E-state index in [-0.39, 0.29) is 6.29 Å². The average Bonchev–Trinajstić information content (AvgIpc) is 3.34. The third kappa shape index (κ3) is 3.76. The number of hydrogen-bond acceptors (Lipinski definition) is 5. The number of aryl methyl sites for hydroxylation is 2. The van der Waals surface area contributed by atoms with Crippen molar-refractivity contribution in [1.29, 1.82) is 0 Å². The summed E-state index contributed by atoms with van der Waals surface area (Å²) in [5.41, 5.74) is 3.72. The van der Waals surface area contributed by atoms with E-state index in [1.165, 1.54) is 18.4 Å². The highest BCUT2D eigenvalue weighted by molar-refractivity contribution is 6.35. The van der Waals surface area contributed by atoms with Gasteiger partial charge in [0.1, 0.15) is 0 Å². The van der Waals surface area contributed by atoms with Crippen molar-refractivity contribution in [1.82, 2.24) is 0 Å². The summed E-state index contributed by atoms with van der Waals surface area (Å²) in [6.45, 7) is 6.15. The molecular weight excluding hydrogens is 304 g/mol.